The van der Waals surface area contributed by atoms with Crippen LogP contribution in [0.15, 0.2) is 17.4 Å². The van der Waals surface area contributed by atoms with Gasteiger partial charge in [-0.2, -0.15) is 5.10 Å². The smallest absolute Gasteiger partial charge is 0.190 e. The van der Waals surface area contributed by atoms with Crippen LogP contribution in [0, 0.1) is 0 Å². The van der Waals surface area contributed by atoms with E-state index in [4.69, 9.17) is 9.47 Å². The molecule has 1 aromatic rings. The van der Waals surface area contributed by atoms with E-state index in [2.05, 4.69) is 20.7 Å². The number of halogens is 1. The van der Waals surface area contributed by atoms with Crippen LogP contribution in [0.3, 0.4) is 0 Å². The number of guanidine groups is 1. The Labute approximate surface area is 161 Å². The maximum Gasteiger partial charge on any atom is 0.190 e. The van der Waals surface area contributed by atoms with E-state index >= 15 is 0 Å². The molecule has 0 radical (unpaired) electrons. The van der Waals surface area contributed by atoms with Gasteiger partial charge >= 0.3 is 0 Å². The molecule has 1 unspecified atom stereocenters. The zero-order chi connectivity index (χ0) is 16.3. The number of aliphatic imine (C=N–C) groups is 1. The van der Waals surface area contributed by atoms with Crippen LogP contribution >= 0.6 is 24.0 Å². The highest BCUT2D eigenvalue weighted by molar-refractivity contribution is 14.0. The SMILES string of the molecule is CN=C(NCCCOCC1CCCO1)NCCc1cnn(C)c1.I. The Bertz CT molecular complexity index is 475. The number of ether oxygens (including phenoxy) is 2. The Morgan fingerprint density at radius 1 is 1.46 bits per heavy atom. The van der Waals surface area contributed by atoms with E-state index in [9.17, 15) is 0 Å². The van der Waals surface area contributed by atoms with Crippen molar-refractivity contribution in [2.24, 2.45) is 12.0 Å². The largest absolute Gasteiger partial charge is 0.379 e. The quantitative estimate of drug-likeness (QED) is 0.257. The summed E-state index contributed by atoms with van der Waals surface area (Å²) in [5, 5.41) is 10.8. The van der Waals surface area contributed by atoms with Gasteiger partial charge in [-0.05, 0) is 31.2 Å². The van der Waals surface area contributed by atoms with E-state index in [-0.39, 0.29) is 24.0 Å². The Morgan fingerprint density at radius 2 is 2.29 bits per heavy atom. The summed E-state index contributed by atoms with van der Waals surface area (Å²) in [6, 6.07) is 0. The molecule has 7 nitrogen and oxygen atoms in total. The van der Waals surface area contributed by atoms with E-state index in [1.54, 1.807) is 7.05 Å². The van der Waals surface area contributed by atoms with Gasteiger partial charge in [0.05, 0.1) is 18.9 Å². The van der Waals surface area contributed by atoms with E-state index < -0.39 is 0 Å². The van der Waals surface area contributed by atoms with Gasteiger partial charge in [0, 0.05) is 46.6 Å². The summed E-state index contributed by atoms with van der Waals surface area (Å²) < 4.78 is 13.0. The lowest BCUT2D eigenvalue weighted by molar-refractivity contribution is 0.0168. The predicted octanol–water partition coefficient (Wildman–Crippen LogP) is 1.33. The molecule has 0 bridgehead atoms. The number of hydrogen-bond donors (Lipinski definition) is 2. The normalized spacial score (nSPS) is 17.6. The Kier molecular flexibility index (Phi) is 11.0. The molecule has 1 aliphatic rings. The minimum atomic E-state index is 0. The minimum absolute atomic E-state index is 0. The molecule has 1 saturated heterocycles. The third-order valence-electron chi connectivity index (χ3n) is 3.77. The van der Waals surface area contributed by atoms with Crippen molar-refractivity contribution in [1.29, 1.82) is 0 Å². The van der Waals surface area contributed by atoms with E-state index in [0.717, 1.165) is 64.6 Å². The number of rotatable bonds is 9. The van der Waals surface area contributed by atoms with Crippen molar-refractivity contribution in [1.82, 2.24) is 20.4 Å². The van der Waals surface area contributed by atoms with Crippen LogP contribution in [0.5, 0.6) is 0 Å². The highest BCUT2D eigenvalue weighted by Crippen LogP contribution is 2.11. The number of aromatic nitrogens is 2. The Morgan fingerprint density at radius 3 is 2.96 bits per heavy atom. The van der Waals surface area contributed by atoms with E-state index in [1.807, 2.05) is 24.1 Å². The van der Waals surface area contributed by atoms with Gasteiger partial charge in [-0.1, -0.05) is 0 Å². The second-order valence-electron chi connectivity index (χ2n) is 5.76. The molecule has 2 heterocycles. The molecule has 0 spiro atoms. The van der Waals surface area contributed by atoms with Gasteiger partial charge in [0.2, 0.25) is 0 Å². The summed E-state index contributed by atoms with van der Waals surface area (Å²) in [7, 11) is 3.71. The van der Waals surface area contributed by atoms with Gasteiger partial charge in [0.1, 0.15) is 0 Å². The van der Waals surface area contributed by atoms with Gasteiger partial charge in [0.25, 0.3) is 0 Å². The van der Waals surface area contributed by atoms with Crippen molar-refractivity contribution in [2.45, 2.75) is 31.8 Å². The van der Waals surface area contributed by atoms with Gasteiger partial charge in [-0.25, -0.2) is 0 Å². The summed E-state index contributed by atoms with van der Waals surface area (Å²) >= 11 is 0. The highest BCUT2D eigenvalue weighted by Gasteiger charge is 2.14. The second kappa shape index (κ2) is 12.5. The van der Waals surface area contributed by atoms with Crippen molar-refractivity contribution in [3.63, 3.8) is 0 Å². The van der Waals surface area contributed by atoms with Gasteiger partial charge in [0.15, 0.2) is 5.96 Å². The number of hydrogen-bond acceptors (Lipinski definition) is 4. The van der Waals surface area contributed by atoms with E-state index in [0.29, 0.717) is 6.10 Å². The Balaban J connectivity index is 0.00000288. The van der Waals surface area contributed by atoms with Crippen LogP contribution in [0.2, 0.25) is 0 Å². The second-order valence-corrected chi connectivity index (χ2v) is 5.76. The van der Waals surface area contributed by atoms with Crippen molar-refractivity contribution in [3.8, 4) is 0 Å². The molecular formula is C16H30IN5O2. The molecule has 138 valence electrons. The summed E-state index contributed by atoms with van der Waals surface area (Å²) in [6.45, 7) is 4.03. The van der Waals surface area contributed by atoms with E-state index in [1.165, 1.54) is 5.56 Å². The first kappa shape index (κ1) is 21.2. The zero-order valence-electron chi connectivity index (χ0n) is 14.7. The molecular weight excluding hydrogens is 421 g/mol. The maximum atomic E-state index is 5.64. The van der Waals surface area contributed by atoms with Crippen molar-refractivity contribution >= 4 is 29.9 Å². The minimum Gasteiger partial charge on any atom is -0.379 e. The molecule has 24 heavy (non-hydrogen) atoms. The molecule has 1 aliphatic heterocycles. The molecule has 0 aromatic carbocycles. The van der Waals surface area contributed by atoms with Crippen LogP contribution in [0.1, 0.15) is 24.8 Å². The first-order chi connectivity index (χ1) is 11.3. The molecule has 2 N–H and O–H groups in total. The third kappa shape index (κ3) is 8.29. The summed E-state index contributed by atoms with van der Waals surface area (Å²) in [5.41, 5.74) is 1.22. The molecule has 1 atom stereocenters. The molecule has 8 heteroatoms. The lowest BCUT2D eigenvalue weighted by Crippen LogP contribution is -2.39. The lowest BCUT2D eigenvalue weighted by atomic mass is 10.2. The number of aryl methyl sites for hydroxylation is 1. The van der Waals surface area contributed by atoms with Gasteiger partial charge in [-0.15, -0.1) is 24.0 Å². The van der Waals surface area contributed by atoms with Gasteiger partial charge in [-0.3, -0.25) is 9.67 Å². The topological polar surface area (TPSA) is 72.7 Å². The van der Waals surface area contributed by atoms with Crippen LogP contribution in [-0.4, -0.2) is 61.8 Å². The molecule has 1 fully saturated rings. The van der Waals surface area contributed by atoms with Crippen LogP contribution in [-0.2, 0) is 22.9 Å². The first-order valence-corrected chi connectivity index (χ1v) is 8.39. The summed E-state index contributed by atoms with van der Waals surface area (Å²) in [5.74, 6) is 0.827. The standard InChI is InChI=1S/C16H29N5O2.HI/c1-17-16(19-8-6-14-11-20-21(2)12-14)18-7-4-9-22-13-15-5-3-10-23-15;/h11-12,15H,3-10,13H2,1-2H3,(H2,17,18,19);1H. The third-order valence-corrected chi connectivity index (χ3v) is 3.77. The summed E-state index contributed by atoms with van der Waals surface area (Å²) in [6.07, 6.45) is 8.41. The maximum absolute atomic E-state index is 5.64. The number of nitrogens with one attached hydrogen (secondary N) is 2. The average Bonchev–Trinajstić information content (AvgIpc) is 3.20. The fourth-order valence-electron chi connectivity index (χ4n) is 2.52. The monoisotopic (exact) mass is 451 g/mol. The van der Waals surface area contributed by atoms with Crippen molar-refractivity contribution in [2.75, 3.05) is 40.0 Å². The van der Waals surface area contributed by atoms with Crippen LogP contribution < -0.4 is 10.6 Å². The molecule has 0 saturated carbocycles. The first-order valence-electron chi connectivity index (χ1n) is 8.39. The highest BCUT2D eigenvalue weighted by atomic mass is 127. The van der Waals surface area contributed by atoms with Crippen LogP contribution in [0.4, 0.5) is 0 Å². The van der Waals surface area contributed by atoms with Crippen LogP contribution in [0.25, 0.3) is 0 Å². The molecule has 1 aromatic heterocycles. The molecule has 0 amide bonds. The van der Waals surface area contributed by atoms with Crippen molar-refractivity contribution in [3.05, 3.63) is 18.0 Å². The molecule has 2 rings (SSSR count). The Hall–Kier alpha value is -0.870. The number of nitrogens with zero attached hydrogens (tertiary/aromatic N) is 3. The molecule has 0 aliphatic carbocycles. The van der Waals surface area contributed by atoms with Gasteiger partial charge < -0.3 is 20.1 Å². The fraction of sp³-hybridized carbons (Fsp3) is 0.750. The predicted molar refractivity (Wildman–Crippen MR) is 106 cm³/mol. The fourth-order valence-corrected chi connectivity index (χ4v) is 2.52. The zero-order valence-corrected chi connectivity index (χ0v) is 17.0. The summed E-state index contributed by atoms with van der Waals surface area (Å²) in [4.78, 5) is 4.22. The average molecular weight is 451 g/mol. The lowest BCUT2D eigenvalue weighted by Gasteiger charge is -2.12. The van der Waals surface area contributed by atoms with Crippen molar-refractivity contribution < 1.29 is 9.47 Å².